The molecule has 6 heteroatoms. The lowest BCUT2D eigenvalue weighted by atomic mass is 9.96. The van der Waals surface area contributed by atoms with Gasteiger partial charge in [-0.15, -0.1) is 0 Å². The Hall–Kier alpha value is -3.15. The molecule has 1 aromatic heterocycles. The smallest absolute Gasteiger partial charge is 0.346 e. The number of carbonyl (C=O) groups excluding carboxylic acids is 1. The fraction of sp³-hybridized carbons (Fsp3) is 0.273. The van der Waals surface area contributed by atoms with Gasteiger partial charge < -0.3 is 14.2 Å². The van der Waals surface area contributed by atoms with Gasteiger partial charge in [0.25, 0.3) is 0 Å². The third kappa shape index (κ3) is 3.76. The van der Waals surface area contributed by atoms with E-state index >= 15 is 0 Å². The molecule has 5 nitrogen and oxygen atoms in total. The Bertz CT molecular complexity index is 1000. The number of methoxy groups -OCH3 is 2. The Labute approximate surface area is 163 Å². The van der Waals surface area contributed by atoms with Crippen LogP contribution in [-0.2, 0) is 16.0 Å². The zero-order chi connectivity index (χ0) is 20.3. The zero-order valence-corrected chi connectivity index (χ0v) is 16.3. The summed E-state index contributed by atoms with van der Waals surface area (Å²) in [5, 5.41) is 1.58. The number of hydrogen-bond donors (Lipinski definition) is 0. The number of rotatable bonds is 6. The topological polar surface area (TPSA) is 57.7 Å². The number of fused-ring (bicyclic) bond motifs is 1. The summed E-state index contributed by atoms with van der Waals surface area (Å²) in [6, 6.07) is 11.9. The highest BCUT2D eigenvalue weighted by Gasteiger charge is 2.21. The lowest BCUT2D eigenvalue weighted by Crippen LogP contribution is -2.25. The standard InChI is InChI=1S/C22H22FNO4/c1-5-19-20(14-6-8-15(23)9-7-14)17-11-10-16(26-3)12-18(17)21(24-19)28-13(2)22(25)27-4/h6-13H,5H2,1-4H3/t13-/m0/s1. The Balaban J connectivity index is 2.26. The molecule has 3 rings (SSSR count). The number of pyridine rings is 1. The lowest BCUT2D eigenvalue weighted by molar-refractivity contribution is -0.148. The fourth-order valence-corrected chi connectivity index (χ4v) is 3.11. The molecule has 1 atom stereocenters. The van der Waals surface area contributed by atoms with Crippen molar-refractivity contribution in [3.63, 3.8) is 0 Å². The second kappa shape index (κ2) is 8.25. The van der Waals surface area contributed by atoms with E-state index in [9.17, 15) is 9.18 Å². The van der Waals surface area contributed by atoms with E-state index in [2.05, 4.69) is 4.98 Å². The number of aromatic nitrogens is 1. The molecule has 0 N–H and O–H groups in total. The monoisotopic (exact) mass is 383 g/mol. The van der Waals surface area contributed by atoms with Gasteiger partial charge in [0.05, 0.1) is 19.9 Å². The number of aryl methyl sites for hydroxylation is 1. The first-order chi connectivity index (χ1) is 13.5. The van der Waals surface area contributed by atoms with E-state index in [1.54, 1.807) is 26.2 Å². The van der Waals surface area contributed by atoms with Gasteiger partial charge >= 0.3 is 5.97 Å². The van der Waals surface area contributed by atoms with Crippen molar-refractivity contribution >= 4 is 16.7 Å². The lowest BCUT2D eigenvalue weighted by Gasteiger charge is -2.18. The van der Waals surface area contributed by atoms with Crippen LogP contribution < -0.4 is 9.47 Å². The van der Waals surface area contributed by atoms with Gasteiger partial charge in [-0.1, -0.05) is 19.1 Å². The van der Waals surface area contributed by atoms with Gasteiger partial charge in [0, 0.05) is 10.9 Å². The van der Waals surface area contributed by atoms with E-state index in [1.807, 2.05) is 25.1 Å². The van der Waals surface area contributed by atoms with E-state index in [0.29, 0.717) is 23.4 Å². The Morgan fingerprint density at radius 3 is 2.43 bits per heavy atom. The number of ether oxygens (including phenoxy) is 3. The van der Waals surface area contributed by atoms with Gasteiger partial charge in [0.15, 0.2) is 6.10 Å². The number of benzene rings is 2. The maximum absolute atomic E-state index is 13.4. The van der Waals surface area contributed by atoms with Crippen molar-refractivity contribution in [1.82, 2.24) is 4.98 Å². The van der Waals surface area contributed by atoms with Crippen LogP contribution in [0, 0.1) is 5.82 Å². The zero-order valence-electron chi connectivity index (χ0n) is 16.3. The number of esters is 1. The minimum atomic E-state index is -0.812. The molecule has 0 radical (unpaired) electrons. The highest BCUT2D eigenvalue weighted by Crippen LogP contribution is 2.38. The molecule has 0 spiro atoms. The molecule has 28 heavy (non-hydrogen) atoms. The molecular formula is C22H22FNO4. The maximum Gasteiger partial charge on any atom is 0.346 e. The minimum Gasteiger partial charge on any atom is -0.497 e. The first kappa shape index (κ1) is 19.6. The second-order valence-electron chi connectivity index (χ2n) is 6.29. The van der Waals surface area contributed by atoms with Crippen molar-refractivity contribution in [2.45, 2.75) is 26.4 Å². The highest BCUT2D eigenvalue weighted by atomic mass is 19.1. The van der Waals surface area contributed by atoms with Gasteiger partial charge in [-0.05, 0) is 54.6 Å². The fourth-order valence-electron chi connectivity index (χ4n) is 3.11. The van der Waals surface area contributed by atoms with Gasteiger partial charge in [0.1, 0.15) is 11.6 Å². The molecule has 0 saturated heterocycles. The molecule has 0 bridgehead atoms. The molecule has 0 fully saturated rings. The Morgan fingerprint density at radius 1 is 1.11 bits per heavy atom. The van der Waals surface area contributed by atoms with E-state index in [0.717, 1.165) is 22.2 Å². The molecule has 0 aliphatic carbocycles. The predicted octanol–water partition coefficient (Wildman–Crippen LogP) is 4.55. The molecule has 1 heterocycles. The van der Waals surface area contributed by atoms with Crippen LogP contribution in [0.15, 0.2) is 42.5 Å². The third-order valence-corrected chi connectivity index (χ3v) is 4.54. The highest BCUT2D eigenvalue weighted by molar-refractivity contribution is 6.01. The first-order valence-electron chi connectivity index (χ1n) is 8.99. The molecule has 146 valence electrons. The molecule has 0 saturated carbocycles. The number of carbonyl (C=O) groups is 1. The largest absolute Gasteiger partial charge is 0.497 e. The molecule has 0 amide bonds. The molecule has 2 aromatic carbocycles. The summed E-state index contributed by atoms with van der Waals surface area (Å²) in [6.07, 6.45) is -0.175. The van der Waals surface area contributed by atoms with Crippen LogP contribution in [-0.4, -0.2) is 31.3 Å². The predicted molar refractivity (Wildman–Crippen MR) is 105 cm³/mol. The minimum absolute atomic E-state index is 0.299. The summed E-state index contributed by atoms with van der Waals surface area (Å²) in [5.41, 5.74) is 2.54. The van der Waals surface area contributed by atoms with E-state index < -0.39 is 12.1 Å². The number of halogens is 1. The summed E-state index contributed by atoms with van der Waals surface area (Å²) in [5.74, 6) is 0.180. The molecule has 3 aromatic rings. The molecular weight excluding hydrogens is 361 g/mol. The summed E-state index contributed by atoms with van der Waals surface area (Å²) >= 11 is 0. The van der Waals surface area contributed by atoms with Gasteiger partial charge in [0.2, 0.25) is 5.88 Å². The summed E-state index contributed by atoms with van der Waals surface area (Å²) in [7, 11) is 2.89. The molecule has 0 aliphatic rings. The summed E-state index contributed by atoms with van der Waals surface area (Å²) in [6.45, 7) is 3.59. The number of nitrogens with zero attached hydrogens (tertiary/aromatic N) is 1. The normalized spacial score (nSPS) is 11.9. The first-order valence-corrected chi connectivity index (χ1v) is 8.99. The molecule has 0 unspecified atom stereocenters. The van der Waals surface area contributed by atoms with Crippen LogP contribution in [0.4, 0.5) is 4.39 Å². The van der Waals surface area contributed by atoms with Gasteiger partial charge in [-0.25, -0.2) is 14.2 Å². The summed E-state index contributed by atoms with van der Waals surface area (Å²) in [4.78, 5) is 16.5. The average molecular weight is 383 g/mol. The van der Waals surface area contributed by atoms with E-state index in [4.69, 9.17) is 14.2 Å². The van der Waals surface area contributed by atoms with Crippen LogP contribution in [0.25, 0.3) is 21.9 Å². The average Bonchev–Trinajstić information content (AvgIpc) is 2.73. The van der Waals surface area contributed by atoms with Crippen molar-refractivity contribution < 1.29 is 23.4 Å². The van der Waals surface area contributed by atoms with Crippen LogP contribution in [0.3, 0.4) is 0 Å². The van der Waals surface area contributed by atoms with Gasteiger partial charge in [-0.2, -0.15) is 0 Å². The van der Waals surface area contributed by atoms with Gasteiger partial charge in [-0.3, -0.25) is 0 Å². The Morgan fingerprint density at radius 2 is 1.82 bits per heavy atom. The van der Waals surface area contributed by atoms with Crippen LogP contribution in [0.1, 0.15) is 19.5 Å². The van der Waals surface area contributed by atoms with Crippen LogP contribution >= 0.6 is 0 Å². The molecule has 0 aliphatic heterocycles. The van der Waals surface area contributed by atoms with Crippen LogP contribution in [0.2, 0.25) is 0 Å². The van der Waals surface area contributed by atoms with Crippen molar-refractivity contribution in [3.8, 4) is 22.8 Å². The maximum atomic E-state index is 13.4. The van der Waals surface area contributed by atoms with E-state index in [1.165, 1.54) is 19.2 Å². The Kier molecular flexibility index (Phi) is 5.78. The van der Waals surface area contributed by atoms with Crippen molar-refractivity contribution in [1.29, 1.82) is 0 Å². The second-order valence-corrected chi connectivity index (χ2v) is 6.29. The van der Waals surface area contributed by atoms with E-state index in [-0.39, 0.29) is 5.82 Å². The van der Waals surface area contributed by atoms with Crippen molar-refractivity contribution in [2.75, 3.05) is 14.2 Å². The van der Waals surface area contributed by atoms with Crippen molar-refractivity contribution in [3.05, 3.63) is 54.0 Å². The third-order valence-electron chi connectivity index (χ3n) is 4.54. The van der Waals surface area contributed by atoms with Crippen LogP contribution in [0.5, 0.6) is 11.6 Å². The quantitative estimate of drug-likeness (QED) is 0.585. The van der Waals surface area contributed by atoms with Crippen molar-refractivity contribution in [2.24, 2.45) is 0 Å². The summed E-state index contributed by atoms with van der Waals surface area (Å²) < 4.78 is 29.3. The SMILES string of the molecule is CCc1nc(O[C@@H](C)C(=O)OC)c2cc(OC)ccc2c1-c1ccc(F)cc1. The number of hydrogen-bond acceptors (Lipinski definition) is 5.